The van der Waals surface area contributed by atoms with Gasteiger partial charge in [0.05, 0.1) is 32.6 Å². The highest BCUT2D eigenvalue weighted by atomic mass is 16.5. The Bertz CT molecular complexity index is 318. The molecule has 1 aromatic heterocycles. The second kappa shape index (κ2) is 10.9. The summed E-state index contributed by atoms with van der Waals surface area (Å²) in [5.74, 6) is 0. The van der Waals surface area contributed by atoms with Gasteiger partial charge in [0, 0.05) is 32.0 Å². The van der Waals surface area contributed by atoms with E-state index in [-0.39, 0.29) is 6.61 Å². The summed E-state index contributed by atoms with van der Waals surface area (Å²) in [7, 11) is 1.68. The van der Waals surface area contributed by atoms with Gasteiger partial charge in [0.25, 0.3) is 0 Å². The van der Waals surface area contributed by atoms with Gasteiger partial charge in [0.1, 0.15) is 0 Å². The molecule has 1 heterocycles. The van der Waals surface area contributed by atoms with Crippen molar-refractivity contribution in [3.8, 4) is 0 Å². The second-order valence-corrected chi connectivity index (χ2v) is 4.32. The molecule has 19 heavy (non-hydrogen) atoms. The zero-order valence-corrected chi connectivity index (χ0v) is 11.7. The summed E-state index contributed by atoms with van der Waals surface area (Å²) in [6.45, 7) is 4.59. The van der Waals surface area contributed by atoms with Crippen LogP contribution in [0.25, 0.3) is 0 Å². The predicted molar refractivity (Wildman–Crippen MR) is 72.9 cm³/mol. The first-order valence-electron chi connectivity index (χ1n) is 6.76. The van der Waals surface area contributed by atoms with Gasteiger partial charge in [-0.3, -0.25) is 4.68 Å². The lowest BCUT2D eigenvalue weighted by molar-refractivity contribution is 0.0688. The Kier molecular flexibility index (Phi) is 9.26. The third-order valence-corrected chi connectivity index (χ3v) is 2.67. The molecular formula is C13H25N3O3. The smallest absolute Gasteiger partial charge is 0.0700 e. The zero-order valence-electron chi connectivity index (χ0n) is 11.7. The lowest BCUT2D eigenvalue weighted by atomic mass is 10.3. The topological polar surface area (TPSA) is 68.5 Å². The molecule has 0 saturated carbocycles. The molecule has 6 nitrogen and oxygen atoms in total. The Morgan fingerprint density at radius 3 is 3.00 bits per heavy atom. The molecule has 0 amide bonds. The van der Waals surface area contributed by atoms with Crippen molar-refractivity contribution in [2.24, 2.45) is 0 Å². The molecule has 0 aliphatic rings. The normalized spacial score (nSPS) is 11.1. The van der Waals surface area contributed by atoms with Crippen LogP contribution in [0, 0.1) is 0 Å². The number of aliphatic hydroxyl groups is 1. The van der Waals surface area contributed by atoms with Gasteiger partial charge in [-0.15, -0.1) is 0 Å². The monoisotopic (exact) mass is 271 g/mol. The van der Waals surface area contributed by atoms with Crippen LogP contribution < -0.4 is 5.32 Å². The molecule has 0 saturated heterocycles. The Balaban J connectivity index is 1.92. The first kappa shape index (κ1) is 16.1. The molecule has 0 radical (unpaired) electrons. The molecule has 2 N–H and O–H groups in total. The molecule has 1 rings (SSSR count). The fourth-order valence-corrected chi connectivity index (χ4v) is 1.65. The molecule has 110 valence electrons. The quantitative estimate of drug-likeness (QED) is 0.539. The number of rotatable bonds is 12. The van der Waals surface area contributed by atoms with Gasteiger partial charge in [0.2, 0.25) is 0 Å². The van der Waals surface area contributed by atoms with E-state index < -0.39 is 0 Å². The maximum atomic E-state index is 8.78. The minimum Gasteiger partial charge on any atom is -0.394 e. The number of aromatic nitrogens is 2. The third-order valence-electron chi connectivity index (χ3n) is 2.67. The molecule has 0 fully saturated rings. The maximum Gasteiger partial charge on any atom is 0.0700 e. The van der Waals surface area contributed by atoms with Gasteiger partial charge in [-0.25, -0.2) is 0 Å². The van der Waals surface area contributed by atoms with Crippen LogP contribution in [0.15, 0.2) is 12.4 Å². The van der Waals surface area contributed by atoms with Crippen molar-refractivity contribution in [3.05, 3.63) is 18.0 Å². The third kappa shape index (κ3) is 7.94. The van der Waals surface area contributed by atoms with Crippen molar-refractivity contribution in [1.29, 1.82) is 0 Å². The van der Waals surface area contributed by atoms with E-state index >= 15 is 0 Å². The van der Waals surface area contributed by atoms with Crippen molar-refractivity contribution < 1.29 is 14.6 Å². The van der Waals surface area contributed by atoms with Crippen LogP contribution in [0.5, 0.6) is 0 Å². The van der Waals surface area contributed by atoms with Gasteiger partial charge in [-0.2, -0.15) is 5.10 Å². The average Bonchev–Trinajstić information content (AvgIpc) is 2.85. The Morgan fingerprint density at radius 1 is 1.32 bits per heavy atom. The SMILES string of the molecule is COCCOCCCCNCc1cnn(CCO)c1. The lowest BCUT2D eigenvalue weighted by Crippen LogP contribution is -2.15. The van der Waals surface area contributed by atoms with Gasteiger partial charge < -0.3 is 19.9 Å². The van der Waals surface area contributed by atoms with E-state index in [1.54, 1.807) is 11.8 Å². The summed E-state index contributed by atoms with van der Waals surface area (Å²) in [5, 5.41) is 16.3. The van der Waals surface area contributed by atoms with Crippen molar-refractivity contribution in [1.82, 2.24) is 15.1 Å². The fraction of sp³-hybridized carbons (Fsp3) is 0.769. The molecule has 0 spiro atoms. The second-order valence-electron chi connectivity index (χ2n) is 4.32. The van der Waals surface area contributed by atoms with E-state index in [9.17, 15) is 0 Å². The molecule has 0 aliphatic heterocycles. The molecule has 0 aliphatic carbocycles. The predicted octanol–water partition coefficient (Wildman–Crippen LogP) is 0.408. The maximum absolute atomic E-state index is 8.78. The summed E-state index contributed by atoms with van der Waals surface area (Å²) >= 11 is 0. The lowest BCUT2D eigenvalue weighted by Gasteiger charge is -2.04. The van der Waals surface area contributed by atoms with Crippen LogP contribution in [0.3, 0.4) is 0 Å². The Morgan fingerprint density at radius 2 is 2.21 bits per heavy atom. The molecule has 0 aromatic carbocycles. The molecule has 1 aromatic rings. The molecule has 6 heteroatoms. The van der Waals surface area contributed by atoms with E-state index in [1.807, 2.05) is 12.4 Å². The van der Waals surface area contributed by atoms with Crippen LogP contribution in [0.4, 0.5) is 0 Å². The van der Waals surface area contributed by atoms with Crippen molar-refractivity contribution in [2.75, 3.05) is 40.1 Å². The Hall–Kier alpha value is -0.950. The first-order valence-corrected chi connectivity index (χ1v) is 6.76. The number of ether oxygens (including phenoxy) is 2. The van der Waals surface area contributed by atoms with Crippen molar-refractivity contribution in [2.45, 2.75) is 25.9 Å². The Labute approximate surface area is 114 Å². The van der Waals surface area contributed by atoms with Gasteiger partial charge in [-0.1, -0.05) is 0 Å². The number of nitrogens with one attached hydrogen (secondary N) is 1. The molecule has 0 atom stereocenters. The minimum absolute atomic E-state index is 0.123. The largest absolute Gasteiger partial charge is 0.394 e. The van der Waals surface area contributed by atoms with Crippen LogP contribution in [-0.4, -0.2) is 55.0 Å². The summed E-state index contributed by atoms with van der Waals surface area (Å²) < 4.78 is 12.0. The summed E-state index contributed by atoms with van der Waals surface area (Å²) in [5.41, 5.74) is 1.14. The fourth-order valence-electron chi connectivity index (χ4n) is 1.65. The summed E-state index contributed by atoms with van der Waals surface area (Å²) in [6, 6.07) is 0. The first-order chi connectivity index (χ1) is 9.36. The van der Waals surface area contributed by atoms with Crippen LogP contribution in [0.1, 0.15) is 18.4 Å². The molecular weight excluding hydrogens is 246 g/mol. The van der Waals surface area contributed by atoms with E-state index in [2.05, 4.69) is 10.4 Å². The number of hydrogen-bond acceptors (Lipinski definition) is 5. The average molecular weight is 271 g/mol. The van der Waals surface area contributed by atoms with Crippen molar-refractivity contribution >= 4 is 0 Å². The number of hydrogen-bond donors (Lipinski definition) is 2. The van der Waals surface area contributed by atoms with E-state index in [0.29, 0.717) is 19.8 Å². The van der Waals surface area contributed by atoms with E-state index in [0.717, 1.165) is 38.1 Å². The zero-order chi connectivity index (χ0) is 13.8. The number of unbranched alkanes of at least 4 members (excludes halogenated alkanes) is 1. The highest BCUT2D eigenvalue weighted by molar-refractivity contribution is 5.03. The standard InChI is InChI=1S/C13H25N3O3/c1-18-8-9-19-7-3-2-4-14-10-13-11-15-16(12-13)5-6-17/h11-12,14,17H,2-10H2,1H3. The van der Waals surface area contributed by atoms with E-state index in [1.165, 1.54) is 0 Å². The molecule has 0 bridgehead atoms. The van der Waals surface area contributed by atoms with Gasteiger partial charge in [-0.05, 0) is 19.4 Å². The highest BCUT2D eigenvalue weighted by Crippen LogP contribution is 1.97. The summed E-state index contributed by atoms with van der Waals surface area (Å²) in [4.78, 5) is 0. The van der Waals surface area contributed by atoms with Crippen LogP contribution in [-0.2, 0) is 22.6 Å². The minimum atomic E-state index is 0.123. The van der Waals surface area contributed by atoms with Gasteiger partial charge >= 0.3 is 0 Å². The van der Waals surface area contributed by atoms with Crippen LogP contribution in [0.2, 0.25) is 0 Å². The molecule has 0 unspecified atom stereocenters. The van der Waals surface area contributed by atoms with Crippen molar-refractivity contribution in [3.63, 3.8) is 0 Å². The van der Waals surface area contributed by atoms with E-state index in [4.69, 9.17) is 14.6 Å². The van der Waals surface area contributed by atoms with Gasteiger partial charge in [0.15, 0.2) is 0 Å². The number of nitrogens with zero attached hydrogens (tertiary/aromatic N) is 2. The summed E-state index contributed by atoms with van der Waals surface area (Å²) in [6.07, 6.45) is 5.94. The van der Waals surface area contributed by atoms with Crippen LogP contribution >= 0.6 is 0 Å². The number of aliphatic hydroxyl groups excluding tert-OH is 1. The number of methoxy groups -OCH3 is 1. The highest BCUT2D eigenvalue weighted by Gasteiger charge is 1.97.